The van der Waals surface area contributed by atoms with Crippen molar-refractivity contribution in [2.24, 2.45) is 5.92 Å². The molecule has 2 rings (SSSR count). The molecule has 19 heavy (non-hydrogen) atoms. The highest BCUT2D eigenvalue weighted by Gasteiger charge is 2.13. The van der Waals surface area contributed by atoms with E-state index in [0.29, 0.717) is 12.6 Å². The summed E-state index contributed by atoms with van der Waals surface area (Å²) in [5.74, 6) is 1.54. The maximum atomic E-state index is 5.62. The van der Waals surface area contributed by atoms with Gasteiger partial charge in [0.05, 0.1) is 6.61 Å². The third-order valence-electron chi connectivity index (χ3n) is 3.47. The van der Waals surface area contributed by atoms with Gasteiger partial charge in [-0.3, -0.25) is 0 Å². The lowest BCUT2D eigenvalue weighted by atomic mass is 9.87. The lowest BCUT2D eigenvalue weighted by Crippen LogP contribution is -2.14. The number of nitrogens with two attached hydrogens (primary N) is 1. The zero-order chi connectivity index (χ0) is 13.5. The minimum Gasteiger partial charge on any atom is -0.464 e. The zero-order valence-electron chi connectivity index (χ0n) is 11.6. The molecule has 0 radical (unpaired) electrons. The van der Waals surface area contributed by atoms with E-state index in [2.05, 4.69) is 20.3 Å². The molecule has 6 nitrogen and oxygen atoms in total. The van der Waals surface area contributed by atoms with Crippen molar-refractivity contribution in [2.75, 3.05) is 24.2 Å². The van der Waals surface area contributed by atoms with Crippen LogP contribution < -0.4 is 15.8 Å². The number of anilines is 2. The Labute approximate surface area is 114 Å². The van der Waals surface area contributed by atoms with Crippen molar-refractivity contribution < 1.29 is 4.74 Å². The predicted octanol–water partition coefficient (Wildman–Crippen LogP) is 2.23. The molecule has 1 aromatic rings. The summed E-state index contributed by atoms with van der Waals surface area (Å²) in [6.07, 6.45) is 8.01. The van der Waals surface area contributed by atoms with Gasteiger partial charge in [0.15, 0.2) is 0 Å². The normalized spacial score (nSPS) is 16.3. The van der Waals surface area contributed by atoms with Crippen LogP contribution in [0.4, 0.5) is 11.9 Å². The summed E-state index contributed by atoms with van der Waals surface area (Å²) < 4.78 is 5.24. The number of hydrogen-bond acceptors (Lipinski definition) is 6. The van der Waals surface area contributed by atoms with Gasteiger partial charge in [-0.1, -0.05) is 32.1 Å². The Morgan fingerprint density at radius 2 is 2.00 bits per heavy atom. The number of rotatable bonds is 6. The standard InChI is InChI=1S/C13H23N5O/c1-2-19-13-17-11(14)16-12(18-13)15-9-8-10-6-4-3-5-7-10/h10H,2-9H2,1H3,(H3,14,15,16,17,18). The largest absolute Gasteiger partial charge is 0.464 e. The average molecular weight is 265 g/mol. The van der Waals surface area contributed by atoms with Crippen LogP contribution in [0.25, 0.3) is 0 Å². The number of ether oxygens (including phenoxy) is 1. The molecule has 1 aromatic heterocycles. The van der Waals surface area contributed by atoms with Gasteiger partial charge >= 0.3 is 6.01 Å². The maximum Gasteiger partial charge on any atom is 0.323 e. The van der Waals surface area contributed by atoms with Gasteiger partial charge in [0.2, 0.25) is 11.9 Å². The highest BCUT2D eigenvalue weighted by Crippen LogP contribution is 2.26. The molecule has 1 aliphatic rings. The first-order valence-corrected chi connectivity index (χ1v) is 7.16. The Morgan fingerprint density at radius 1 is 1.21 bits per heavy atom. The van der Waals surface area contributed by atoms with Crippen molar-refractivity contribution in [3.8, 4) is 6.01 Å². The maximum absolute atomic E-state index is 5.62. The number of hydrogen-bond donors (Lipinski definition) is 2. The first-order chi connectivity index (χ1) is 9.28. The smallest absolute Gasteiger partial charge is 0.323 e. The highest BCUT2D eigenvalue weighted by atomic mass is 16.5. The number of nitrogen functional groups attached to an aromatic ring is 1. The van der Waals surface area contributed by atoms with Gasteiger partial charge in [-0.15, -0.1) is 0 Å². The second-order valence-electron chi connectivity index (χ2n) is 4.95. The SMILES string of the molecule is CCOc1nc(N)nc(NCCC2CCCCC2)n1. The first-order valence-electron chi connectivity index (χ1n) is 7.16. The summed E-state index contributed by atoms with van der Waals surface area (Å²) in [6, 6.07) is 0.287. The molecule has 1 fully saturated rings. The van der Waals surface area contributed by atoms with Crippen LogP contribution in [0.15, 0.2) is 0 Å². The lowest BCUT2D eigenvalue weighted by molar-refractivity contribution is 0.312. The van der Waals surface area contributed by atoms with Crippen molar-refractivity contribution in [3.05, 3.63) is 0 Å². The van der Waals surface area contributed by atoms with Crippen LogP contribution in [-0.2, 0) is 0 Å². The van der Waals surface area contributed by atoms with E-state index in [0.717, 1.165) is 18.9 Å². The Morgan fingerprint density at radius 3 is 2.74 bits per heavy atom. The quantitative estimate of drug-likeness (QED) is 0.820. The van der Waals surface area contributed by atoms with E-state index in [4.69, 9.17) is 10.5 Å². The van der Waals surface area contributed by atoms with Crippen LogP contribution >= 0.6 is 0 Å². The van der Waals surface area contributed by atoms with Gasteiger partial charge in [0.25, 0.3) is 0 Å². The van der Waals surface area contributed by atoms with Crippen LogP contribution in [0.5, 0.6) is 6.01 Å². The summed E-state index contributed by atoms with van der Waals surface area (Å²) in [7, 11) is 0. The lowest BCUT2D eigenvalue weighted by Gasteiger charge is -2.21. The van der Waals surface area contributed by atoms with Gasteiger partial charge in [-0.25, -0.2) is 0 Å². The molecule has 0 bridgehead atoms. The topological polar surface area (TPSA) is 86.0 Å². The van der Waals surface area contributed by atoms with Crippen LogP contribution in [-0.4, -0.2) is 28.1 Å². The molecule has 0 atom stereocenters. The minimum absolute atomic E-state index is 0.193. The molecular weight excluding hydrogens is 242 g/mol. The van der Waals surface area contributed by atoms with E-state index in [1.165, 1.54) is 32.1 Å². The molecule has 6 heteroatoms. The van der Waals surface area contributed by atoms with Gasteiger partial charge in [0.1, 0.15) is 0 Å². The molecule has 0 aromatic carbocycles. The van der Waals surface area contributed by atoms with E-state index in [9.17, 15) is 0 Å². The molecule has 0 spiro atoms. The van der Waals surface area contributed by atoms with E-state index in [1.807, 2.05) is 6.92 Å². The summed E-state index contributed by atoms with van der Waals surface area (Å²) in [5, 5.41) is 3.21. The third-order valence-corrected chi connectivity index (χ3v) is 3.47. The van der Waals surface area contributed by atoms with Gasteiger partial charge in [-0.2, -0.15) is 15.0 Å². The fourth-order valence-electron chi connectivity index (χ4n) is 2.51. The fourth-order valence-corrected chi connectivity index (χ4v) is 2.51. The van der Waals surface area contributed by atoms with Crippen molar-refractivity contribution in [2.45, 2.75) is 45.4 Å². The summed E-state index contributed by atoms with van der Waals surface area (Å²) >= 11 is 0. The second kappa shape index (κ2) is 7.11. The second-order valence-corrected chi connectivity index (χ2v) is 4.95. The summed E-state index contributed by atoms with van der Waals surface area (Å²) in [4.78, 5) is 12.1. The molecule has 1 aliphatic carbocycles. The Bertz CT molecular complexity index is 393. The van der Waals surface area contributed by atoms with Crippen molar-refractivity contribution in [1.82, 2.24) is 15.0 Å². The minimum atomic E-state index is 0.193. The molecule has 106 valence electrons. The van der Waals surface area contributed by atoms with Crippen molar-refractivity contribution in [1.29, 1.82) is 0 Å². The van der Waals surface area contributed by atoms with Crippen molar-refractivity contribution >= 4 is 11.9 Å². The van der Waals surface area contributed by atoms with E-state index >= 15 is 0 Å². The van der Waals surface area contributed by atoms with E-state index < -0.39 is 0 Å². The molecule has 1 saturated carbocycles. The van der Waals surface area contributed by atoms with Crippen LogP contribution in [0, 0.1) is 5.92 Å². The summed E-state index contributed by atoms with van der Waals surface area (Å²) in [6.45, 7) is 3.28. The summed E-state index contributed by atoms with van der Waals surface area (Å²) in [5.41, 5.74) is 5.62. The van der Waals surface area contributed by atoms with Crippen molar-refractivity contribution in [3.63, 3.8) is 0 Å². The molecule has 0 amide bonds. The third kappa shape index (κ3) is 4.54. The fraction of sp³-hybridized carbons (Fsp3) is 0.769. The molecule has 0 aliphatic heterocycles. The van der Waals surface area contributed by atoms with Crippen LogP contribution in [0.3, 0.4) is 0 Å². The first kappa shape index (κ1) is 13.8. The molecule has 0 saturated heterocycles. The Kier molecular flexibility index (Phi) is 5.18. The zero-order valence-corrected chi connectivity index (χ0v) is 11.6. The van der Waals surface area contributed by atoms with Gasteiger partial charge < -0.3 is 15.8 Å². The predicted molar refractivity (Wildman–Crippen MR) is 75.1 cm³/mol. The highest BCUT2D eigenvalue weighted by molar-refractivity contribution is 5.32. The van der Waals surface area contributed by atoms with Crippen LogP contribution in [0.2, 0.25) is 0 Å². The molecule has 3 N–H and O–H groups in total. The average Bonchev–Trinajstić information content (AvgIpc) is 2.40. The van der Waals surface area contributed by atoms with Gasteiger partial charge in [-0.05, 0) is 19.3 Å². The van der Waals surface area contributed by atoms with E-state index in [1.54, 1.807) is 0 Å². The van der Waals surface area contributed by atoms with Gasteiger partial charge in [0, 0.05) is 6.54 Å². The number of aromatic nitrogens is 3. The molecule has 0 unspecified atom stereocenters. The van der Waals surface area contributed by atoms with E-state index in [-0.39, 0.29) is 12.0 Å². The molecular formula is C13H23N5O. The Hall–Kier alpha value is -1.59. The van der Waals surface area contributed by atoms with Crippen LogP contribution in [0.1, 0.15) is 45.4 Å². The molecule has 1 heterocycles. The number of nitrogens with zero attached hydrogens (tertiary/aromatic N) is 3. The monoisotopic (exact) mass is 265 g/mol. The Balaban J connectivity index is 1.81. The number of nitrogens with one attached hydrogen (secondary N) is 1.